The van der Waals surface area contributed by atoms with E-state index in [1.54, 1.807) is 0 Å². The summed E-state index contributed by atoms with van der Waals surface area (Å²) in [5.41, 5.74) is 5.70. The molecule has 0 saturated carbocycles. The Hall–Kier alpha value is -3.21. The van der Waals surface area contributed by atoms with Crippen LogP contribution in [0.15, 0.2) is 29.5 Å². The number of rotatable bonds is 9. The summed E-state index contributed by atoms with van der Waals surface area (Å²) in [6.07, 6.45) is 4.31. The number of aryl methyl sites for hydroxylation is 1. The van der Waals surface area contributed by atoms with Gasteiger partial charge < -0.3 is 15.2 Å². The Bertz CT molecular complexity index is 1090. The van der Waals surface area contributed by atoms with Crippen molar-refractivity contribution in [2.75, 3.05) is 19.5 Å². The van der Waals surface area contributed by atoms with Gasteiger partial charge >= 0.3 is 6.61 Å². The van der Waals surface area contributed by atoms with Crippen LogP contribution in [0.3, 0.4) is 0 Å². The third-order valence-electron chi connectivity index (χ3n) is 4.44. The molecule has 0 bridgehead atoms. The first-order chi connectivity index (χ1) is 14.4. The molecule has 8 nitrogen and oxygen atoms in total. The largest absolute Gasteiger partial charge is 0.491 e. The van der Waals surface area contributed by atoms with Crippen LogP contribution in [0, 0.1) is 5.82 Å². The monoisotopic (exact) mass is 423 g/mol. The van der Waals surface area contributed by atoms with Gasteiger partial charge in [-0.25, -0.2) is 19.3 Å². The van der Waals surface area contributed by atoms with Crippen LogP contribution in [0.2, 0.25) is 0 Å². The second-order valence-electron chi connectivity index (χ2n) is 6.43. The summed E-state index contributed by atoms with van der Waals surface area (Å²) in [6, 6.07) is 2.48. The number of hydrogen-bond donors (Lipinski definition) is 1. The number of methoxy groups -OCH3 is 1. The molecule has 30 heavy (non-hydrogen) atoms. The maximum Gasteiger partial charge on any atom is 0.345 e. The first-order valence-corrected chi connectivity index (χ1v) is 9.16. The van der Waals surface area contributed by atoms with E-state index < -0.39 is 18.0 Å². The van der Waals surface area contributed by atoms with Gasteiger partial charge in [-0.05, 0) is 31.4 Å². The average Bonchev–Trinajstić information content (AvgIpc) is 2.72. The summed E-state index contributed by atoms with van der Waals surface area (Å²) in [7, 11) is 1.41. The molecule has 160 valence electrons. The fraction of sp³-hybridized carbons (Fsp3) is 0.368. The van der Waals surface area contributed by atoms with Crippen molar-refractivity contribution < 1.29 is 22.6 Å². The quantitative estimate of drug-likeness (QED) is 0.528. The molecule has 2 aromatic heterocycles. The minimum Gasteiger partial charge on any atom is -0.491 e. The third kappa shape index (κ3) is 4.85. The van der Waals surface area contributed by atoms with Gasteiger partial charge in [0.05, 0.1) is 42.7 Å². The fourth-order valence-corrected chi connectivity index (χ4v) is 2.91. The minimum absolute atomic E-state index is 0.0460. The lowest BCUT2D eigenvalue weighted by atomic mass is 10.1. The van der Waals surface area contributed by atoms with Crippen molar-refractivity contribution in [3.63, 3.8) is 0 Å². The minimum atomic E-state index is -2.78. The summed E-state index contributed by atoms with van der Waals surface area (Å²) in [5, 5.41) is 0.112. The van der Waals surface area contributed by atoms with Crippen LogP contribution in [0.25, 0.3) is 22.3 Å². The van der Waals surface area contributed by atoms with Gasteiger partial charge in [-0.2, -0.15) is 8.78 Å². The molecular formula is C19H20F3N5O3. The third-order valence-corrected chi connectivity index (χ3v) is 4.44. The van der Waals surface area contributed by atoms with E-state index in [9.17, 15) is 18.0 Å². The molecule has 0 amide bonds. The molecule has 0 unspecified atom stereocenters. The molecule has 0 aliphatic carbocycles. The predicted molar refractivity (Wildman–Crippen MR) is 104 cm³/mol. The van der Waals surface area contributed by atoms with Crippen molar-refractivity contribution in [2.45, 2.75) is 32.4 Å². The predicted octanol–water partition coefficient (Wildman–Crippen LogP) is 2.99. The van der Waals surface area contributed by atoms with E-state index in [-0.39, 0.29) is 40.5 Å². The Labute approximate surface area is 169 Å². The number of aromatic nitrogens is 4. The Kier molecular flexibility index (Phi) is 6.83. The lowest BCUT2D eigenvalue weighted by Gasteiger charge is -2.09. The van der Waals surface area contributed by atoms with Crippen molar-refractivity contribution in [1.82, 2.24) is 19.5 Å². The topological polar surface area (TPSA) is 105 Å². The van der Waals surface area contributed by atoms with Crippen LogP contribution in [0.1, 0.15) is 19.3 Å². The first-order valence-electron chi connectivity index (χ1n) is 9.16. The van der Waals surface area contributed by atoms with Crippen molar-refractivity contribution >= 4 is 16.7 Å². The van der Waals surface area contributed by atoms with Crippen LogP contribution in [-0.2, 0) is 11.3 Å². The Morgan fingerprint density at radius 2 is 2.00 bits per heavy atom. The molecule has 0 fully saturated rings. The zero-order chi connectivity index (χ0) is 21.7. The molecule has 1 aromatic carbocycles. The molecule has 3 aromatic rings. The zero-order valence-corrected chi connectivity index (χ0v) is 16.1. The van der Waals surface area contributed by atoms with Crippen molar-refractivity contribution in [3.8, 4) is 17.1 Å². The van der Waals surface area contributed by atoms with E-state index in [0.717, 1.165) is 6.07 Å². The highest BCUT2D eigenvalue weighted by Gasteiger charge is 2.15. The highest BCUT2D eigenvalue weighted by atomic mass is 19.3. The number of anilines is 1. The van der Waals surface area contributed by atoms with Gasteiger partial charge in [-0.15, -0.1) is 0 Å². The highest BCUT2D eigenvalue weighted by molar-refractivity contribution is 5.82. The molecule has 2 N–H and O–H groups in total. The number of fused-ring (bicyclic) bond motifs is 1. The number of unbranched alkanes of at least 4 members (excludes halogenated alkanes) is 2. The standard InChI is InChI=1S/C19H20F3N5O3/c1-29-15-9-24-17(26-16(15)23)11-8-14-12(7-13(11)20)18(28)27(10-25-14)5-3-2-4-6-30-19(21)22/h7-10,19H,2-6H2,1H3,(H2,23,24,26). The molecule has 0 saturated heterocycles. The van der Waals surface area contributed by atoms with Gasteiger partial charge in [0.2, 0.25) is 0 Å². The number of nitrogens with two attached hydrogens (primary N) is 1. The van der Waals surface area contributed by atoms with Gasteiger partial charge in [-0.3, -0.25) is 9.36 Å². The molecule has 2 heterocycles. The lowest BCUT2D eigenvalue weighted by Crippen LogP contribution is -2.21. The molecule has 3 rings (SSSR count). The number of benzene rings is 1. The van der Waals surface area contributed by atoms with E-state index in [0.29, 0.717) is 25.8 Å². The fourth-order valence-electron chi connectivity index (χ4n) is 2.91. The highest BCUT2D eigenvalue weighted by Crippen LogP contribution is 2.26. The van der Waals surface area contributed by atoms with E-state index >= 15 is 0 Å². The zero-order valence-electron chi connectivity index (χ0n) is 16.1. The number of ether oxygens (including phenoxy) is 2. The van der Waals surface area contributed by atoms with Gasteiger partial charge in [0.15, 0.2) is 17.4 Å². The van der Waals surface area contributed by atoms with Crippen LogP contribution < -0.4 is 16.0 Å². The Balaban J connectivity index is 1.79. The molecule has 0 spiro atoms. The van der Waals surface area contributed by atoms with E-state index in [2.05, 4.69) is 19.7 Å². The number of nitrogens with zero attached hydrogens (tertiary/aromatic N) is 4. The van der Waals surface area contributed by atoms with E-state index in [1.165, 1.54) is 30.3 Å². The van der Waals surface area contributed by atoms with E-state index in [4.69, 9.17) is 10.5 Å². The molecule has 0 aliphatic rings. The first kappa shape index (κ1) is 21.5. The number of hydrogen-bond acceptors (Lipinski definition) is 7. The molecule has 11 heteroatoms. The molecular weight excluding hydrogens is 403 g/mol. The SMILES string of the molecule is COc1cnc(-c2cc3ncn(CCCCCOC(F)F)c(=O)c3cc2F)nc1N. The van der Waals surface area contributed by atoms with Gasteiger partial charge in [0.1, 0.15) is 5.82 Å². The van der Waals surface area contributed by atoms with Gasteiger partial charge in [0, 0.05) is 6.54 Å². The van der Waals surface area contributed by atoms with Crippen molar-refractivity contribution in [2.24, 2.45) is 0 Å². The van der Waals surface area contributed by atoms with Gasteiger partial charge in [-0.1, -0.05) is 0 Å². The second-order valence-corrected chi connectivity index (χ2v) is 6.43. The van der Waals surface area contributed by atoms with Crippen LogP contribution >= 0.6 is 0 Å². The maximum atomic E-state index is 14.7. The van der Waals surface area contributed by atoms with Crippen LogP contribution in [-0.4, -0.2) is 39.8 Å². The Morgan fingerprint density at radius 1 is 1.20 bits per heavy atom. The summed E-state index contributed by atoms with van der Waals surface area (Å²) in [4.78, 5) is 24.9. The molecule has 0 atom stereocenters. The van der Waals surface area contributed by atoms with E-state index in [1.807, 2.05) is 0 Å². The van der Waals surface area contributed by atoms with Crippen LogP contribution in [0.5, 0.6) is 5.75 Å². The van der Waals surface area contributed by atoms with Gasteiger partial charge in [0.25, 0.3) is 5.56 Å². The summed E-state index contributed by atoms with van der Waals surface area (Å²) >= 11 is 0. The van der Waals surface area contributed by atoms with Crippen molar-refractivity contribution in [1.29, 1.82) is 0 Å². The maximum absolute atomic E-state index is 14.7. The number of nitrogen functional groups attached to an aromatic ring is 1. The normalized spacial score (nSPS) is 11.4. The molecule has 0 radical (unpaired) electrons. The van der Waals surface area contributed by atoms with Crippen LogP contribution in [0.4, 0.5) is 19.0 Å². The lowest BCUT2D eigenvalue weighted by molar-refractivity contribution is -0.129. The average molecular weight is 423 g/mol. The smallest absolute Gasteiger partial charge is 0.345 e. The summed E-state index contributed by atoms with van der Waals surface area (Å²) < 4.78 is 49.0. The Morgan fingerprint density at radius 3 is 2.70 bits per heavy atom. The summed E-state index contributed by atoms with van der Waals surface area (Å²) in [5.74, 6) is -0.316. The second kappa shape index (κ2) is 9.53. The molecule has 0 aliphatic heterocycles. The number of halogens is 3. The summed E-state index contributed by atoms with van der Waals surface area (Å²) in [6.45, 7) is -2.50. The van der Waals surface area contributed by atoms with Crippen molar-refractivity contribution in [3.05, 3.63) is 40.8 Å². The number of alkyl halides is 2.